The van der Waals surface area contributed by atoms with E-state index in [-0.39, 0.29) is 11.1 Å². The highest BCUT2D eigenvalue weighted by molar-refractivity contribution is 6.32. The SMILES string of the molecule is CC[C@@H](c1cccc(C(F)(F)F)c1Cl)N1CCNCC1. The number of halogens is 4. The van der Waals surface area contributed by atoms with Crippen molar-refractivity contribution in [2.45, 2.75) is 25.6 Å². The quantitative estimate of drug-likeness (QED) is 0.915. The smallest absolute Gasteiger partial charge is 0.314 e. The topological polar surface area (TPSA) is 15.3 Å². The van der Waals surface area contributed by atoms with Gasteiger partial charge in [-0.05, 0) is 18.1 Å². The molecule has 0 saturated carbocycles. The van der Waals surface area contributed by atoms with Crippen LogP contribution in [0.3, 0.4) is 0 Å². The number of hydrogen-bond acceptors (Lipinski definition) is 2. The van der Waals surface area contributed by atoms with Crippen LogP contribution >= 0.6 is 11.6 Å². The van der Waals surface area contributed by atoms with Crippen molar-refractivity contribution in [2.24, 2.45) is 0 Å². The van der Waals surface area contributed by atoms with Crippen LogP contribution in [0.5, 0.6) is 0 Å². The predicted octanol–water partition coefficient (Wildman–Crippen LogP) is 3.72. The monoisotopic (exact) mass is 306 g/mol. The number of nitrogens with one attached hydrogen (secondary N) is 1. The van der Waals surface area contributed by atoms with E-state index in [1.54, 1.807) is 6.07 Å². The number of benzene rings is 1. The van der Waals surface area contributed by atoms with E-state index in [4.69, 9.17) is 11.6 Å². The summed E-state index contributed by atoms with van der Waals surface area (Å²) >= 11 is 6.02. The second-order valence-electron chi connectivity index (χ2n) is 4.92. The van der Waals surface area contributed by atoms with Gasteiger partial charge in [0.2, 0.25) is 0 Å². The van der Waals surface area contributed by atoms with Gasteiger partial charge in [-0.3, -0.25) is 4.90 Å². The third-order valence-electron chi connectivity index (χ3n) is 3.67. The summed E-state index contributed by atoms with van der Waals surface area (Å²) in [7, 11) is 0. The van der Waals surface area contributed by atoms with E-state index in [1.807, 2.05) is 6.92 Å². The number of rotatable bonds is 3. The maximum absolute atomic E-state index is 12.9. The molecule has 112 valence electrons. The van der Waals surface area contributed by atoms with E-state index in [2.05, 4.69) is 10.2 Å². The fraction of sp³-hybridized carbons (Fsp3) is 0.571. The molecule has 0 radical (unpaired) electrons. The molecular formula is C14H18ClF3N2. The molecular weight excluding hydrogens is 289 g/mol. The second kappa shape index (κ2) is 6.33. The van der Waals surface area contributed by atoms with E-state index in [9.17, 15) is 13.2 Å². The molecule has 1 saturated heterocycles. The van der Waals surface area contributed by atoms with Crippen molar-refractivity contribution >= 4 is 11.6 Å². The van der Waals surface area contributed by atoms with Crippen LogP contribution in [0.25, 0.3) is 0 Å². The van der Waals surface area contributed by atoms with Gasteiger partial charge in [0.1, 0.15) is 0 Å². The maximum atomic E-state index is 12.9. The first-order valence-electron chi connectivity index (χ1n) is 6.75. The Morgan fingerprint density at radius 2 is 1.95 bits per heavy atom. The van der Waals surface area contributed by atoms with Gasteiger partial charge in [-0.15, -0.1) is 0 Å². The molecule has 6 heteroatoms. The lowest BCUT2D eigenvalue weighted by Crippen LogP contribution is -2.45. The van der Waals surface area contributed by atoms with Gasteiger partial charge in [-0.25, -0.2) is 0 Å². The molecule has 1 aromatic carbocycles. The number of nitrogens with zero attached hydrogens (tertiary/aromatic N) is 1. The van der Waals surface area contributed by atoms with Gasteiger partial charge in [0, 0.05) is 32.2 Å². The summed E-state index contributed by atoms with van der Waals surface area (Å²) in [4.78, 5) is 2.19. The van der Waals surface area contributed by atoms with Crippen molar-refractivity contribution in [3.63, 3.8) is 0 Å². The average molecular weight is 307 g/mol. The molecule has 1 fully saturated rings. The third-order valence-corrected chi connectivity index (χ3v) is 4.09. The van der Waals surface area contributed by atoms with Crippen LogP contribution in [-0.4, -0.2) is 31.1 Å². The second-order valence-corrected chi connectivity index (χ2v) is 5.29. The summed E-state index contributed by atoms with van der Waals surface area (Å²) in [6.45, 7) is 5.33. The van der Waals surface area contributed by atoms with E-state index >= 15 is 0 Å². The molecule has 1 aromatic rings. The lowest BCUT2D eigenvalue weighted by atomic mass is 9.99. The first kappa shape index (κ1) is 15.6. The zero-order valence-electron chi connectivity index (χ0n) is 11.3. The van der Waals surface area contributed by atoms with Gasteiger partial charge in [-0.1, -0.05) is 30.7 Å². The summed E-state index contributed by atoms with van der Waals surface area (Å²) in [6, 6.07) is 4.12. The Hall–Kier alpha value is -0.780. The van der Waals surface area contributed by atoms with Gasteiger partial charge in [-0.2, -0.15) is 13.2 Å². The molecule has 1 heterocycles. The molecule has 1 N–H and O–H groups in total. The molecule has 0 spiro atoms. The number of hydrogen-bond donors (Lipinski definition) is 1. The van der Waals surface area contributed by atoms with Crippen LogP contribution in [0, 0.1) is 0 Å². The van der Waals surface area contributed by atoms with Crippen molar-refractivity contribution in [2.75, 3.05) is 26.2 Å². The summed E-state index contributed by atoms with van der Waals surface area (Å²) in [6.07, 6.45) is -3.67. The lowest BCUT2D eigenvalue weighted by molar-refractivity contribution is -0.137. The van der Waals surface area contributed by atoms with Gasteiger partial charge in [0.25, 0.3) is 0 Å². The Morgan fingerprint density at radius 3 is 2.50 bits per heavy atom. The Bertz CT molecular complexity index is 456. The molecule has 1 aliphatic rings. The van der Waals surface area contributed by atoms with Crippen molar-refractivity contribution in [1.82, 2.24) is 10.2 Å². The molecule has 2 rings (SSSR count). The van der Waals surface area contributed by atoms with E-state index in [0.29, 0.717) is 5.56 Å². The van der Waals surface area contributed by atoms with Crippen LogP contribution in [0.4, 0.5) is 13.2 Å². The lowest BCUT2D eigenvalue weighted by Gasteiger charge is -2.35. The van der Waals surface area contributed by atoms with E-state index in [1.165, 1.54) is 6.07 Å². The first-order valence-corrected chi connectivity index (χ1v) is 7.13. The molecule has 2 nitrogen and oxygen atoms in total. The van der Waals surface area contributed by atoms with Crippen molar-refractivity contribution in [3.8, 4) is 0 Å². The van der Waals surface area contributed by atoms with Crippen LogP contribution in [0.15, 0.2) is 18.2 Å². The summed E-state index contributed by atoms with van der Waals surface area (Å²) in [5.74, 6) is 0. The highest BCUT2D eigenvalue weighted by Crippen LogP contribution is 2.39. The number of alkyl halides is 3. The Morgan fingerprint density at radius 1 is 1.30 bits per heavy atom. The normalized spacial score (nSPS) is 19.1. The Labute approximate surface area is 121 Å². The predicted molar refractivity (Wildman–Crippen MR) is 73.9 cm³/mol. The zero-order chi connectivity index (χ0) is 14.8. The molecule has 0 amide bonds. The van der Waals surface area contributed by atoms with Gasteiger partial charge in [0.05, 0.1) is 10.6 Å². The van der Waals surface area contributed by atoms with Crippen LogP contribution in [0.1, 0.15) is 30.5 Å². The summed E-state index contributed by atoms with van der Waals surface area (Å²) < 4.78 is 38.8. The fourth-order valence-electron chi connectivity index (χ4n) is 2.69. The van der Waals surface area contributed by atoms with Crippen LogP contribution in [-0.2, 0) is 6.18 Å². The number of piperazine rings is 1. The Balaban J connectivity index is 2.34. The molecule has 20 heavy (non-hydrogen) atoms. The zero-order valence-corrected chi connectivity index (χ0v) is 12.1. The highest BCUT2D eigenvalue weighted by Gasteiger charge is 2.35. The molecule has 0 unspecified atom stereocenters. The largest absolute Gasteiger partial charge is 0.417 e. The molecule has 1 aliphatic heterocycles. The first-order chi connectivity index (χ1) is 9.45. The molecule has 0 bridgehead atoms. The van der Waals surface area contributed by atoms with Crippen LogP contribution < -0.4 is 5.32 Å². The standard InChI is InChI=1S/C14H18ClF3N2/c1-2-12(20-8-6-19-7-9-20)10-4-3-5-11(13(10)15)14(16,17)18/h3-5,12,19H,2,6-9H2,1H3/t12-/m0/s1. The average Bonchev–Trinajstić information content (AvgIpc) is 2.41. The molecule has 1 atom stereocenters. The molecule has 0 aliphatic carbocycles. The highest BCUT2D eigenvalue weighted by atomic mass is 35.5. The van der Waals surface area contributed by atoms with E-state index < -0.39 is 11.7 Å². The fourth-order valence-corrected chi connectivity index (χ4v) is 3.05. The minimum Gasteiger partial charge on any atom is -0.314 e. The summed E-state index contributed by atoms with van der Waals surface area (Å²) in [5, 5.41) is 3.08. The third kappa shape index (κ3) is 3.27. The minimum atomic E-state index is -4.41. The maximum Gasteiger partial charge on any atom is 0.417 e. The van der Waals surface area contributed by atoms with Crippen molar-refractivity contribution in [1.29, 1.82) is 0 Å². The van der Waals surface area contributed by atoms with E-state index in [0.717, 1.165) is 38.7 Å². The Kier molecular flexibility index (Phi) is 4.94. The van der Waals surface area contributed by atoms with Gasteiger partial charge in [0.15, 0.2) is 0 Å². The van der Waals surface area contributed by atoms with Crippen molar-refractivity contribution < 1.29 is 13.2 Å². The van der Waals surface area contributed by atoms with Gasteiger partial charge < -0.3 is 5.32 Å². The minimum absolute atomic E-state index is 0.0631. The van der Waals surface area contributed by atoms with Crippen molar-refractivity contribution in [3.05, 3.63) is 34.3 Å². The van der Waals surface area contributed by atoms with Crippen LogP contribution in [0.2, 0.25) is 5.02 Å². The van der Waals surface area contributed by atoms with Gasteiger partial charge >= 0.3 is 6.18 Å². The summed E-state index contributed by atoms with van der Waals surface area (Å²) in [5.41, 5.74) is -0.170. The molecule has 0 aromatic heterocycles.